The van der Waals surface area contributed by atoms with Crippen molar-refractivity contribution >= 4 is 22.5 Å². The maximum absolute atomic E-state index is 12.7. The molecule has 1 aliphatic rings. The minimum absolute atomic E-state index is 0.133. The molecule has 0 aliphatic carbocycles. The lowest BCUT2D eigenvalue weighted by molar-refractivity contribution is -0.185. The highest BCUT2D eigenvalue weighted by Gasteiger charge is 2.40. The first-order valence-corrected chi connectivity index (χ1v) is 8.27. The van der Waals surface area contributed by atoms with Crippen LogP contribution in [-0.4, -0.2) is 35.1 Å². The predicted molar refractivity (Wildman–Crippen MR) is 90.1 cm³/mol. The molecule has 3 rings (SSSR count). The van der Waals surface area contributed by atoms with Gasteiger partial charge >= 0.3 is 6.18 Å². The van der Waals surface area contributed by atoms with E-state index in [9.17, 15) is 18.0 Å². The number of rotatable bonds is 3. The highest BCUT2D eigenvalue weighted by Crippen LogP contribution is 2.34. The summed E-state index contributed by atoms with van der Waals surface area (Å²) in [6.07, 6.45) is -3.78. The number of piperidine rings is 1. The van der Waals surface area contributed by atoms with Gasteiger partial charge in [-0.2, -0.15) is 13.2 Å². The second kappa shape index (κ2) is 7.00. The standard InChI is InChI=1S/C18H20F3N3O/c1-12(25)22-15-4-5-17-13(10-15)2-3-16(23-17)11-24-8-6-14(7-9-24)18(19,20)21/h2-5,10,14H,6-9,11H2,1H3,(H,22,25). The first-order valence-electron chi connectivity index (χ1n) is 8.27. The fourth-order valence-corrected chi connectivity index (χ4v) is 3.18. The Hall–Kier alpha value is -2.15. The second-order valence-electron chi connectivity index (χ2n) is 6.48. The molecule has 1 aliphatic heterocycles. The summed E-state index contributed by atoms with van der Waals surface area (Å²) in [6.45, 7) is 2.87. The van der Waals surface area contributed by atoms with Crippen LogP contribution in [0, 0.1) is 5.92 Å². The third kappa shape index (κ3) is 4.48. The van der Waals surface area contributed by atoms with Crippen LogP contribution in [0.2, 0.25) is 0 Å². The van der Waals surface area contributed by atoms with Gasteiger partial charge in [-0.3, -0.25) is 14.7 Å². The van der Waals surface area contributed by atoms with Gasteiger partial charge in [0.2, 0.25) is 5.91 Å². The molecular formula is C18H20F3N3O. The van der Waals surface area contributed by atoms with Crippen LogP contribution in [0.15, 0.2) is 30.3 Å². The van der Waals surface area contributed by atoms with Crippen LogP contribution in [0.3, 0.4) is 0 Å². The molecule has 0 unspecified atom stereocenters. The molecule has 1 N–H and O–H groups in total. The molecule has 2 heterocycles. The SMILES string of the molecule is CC(=O)Nc1ccc2nc(CN3CCC(C(F)(F)F)CC3)ccc2c1. The summed E-state index contributed by atoms with van der Waals surface area (Å²) >= 11 is 0. The van der Waals surface area contributed by atoms with Crippen molar-refractivity contribution in [3.8, 4) is 0 Å². The van der Waals surface area contributed by atoms with Crippen LogP contribution in [-0.2, 0) is 11.3 Å². The average molecular weight is 351 g/mol. The summed E-state index contributed by atoms with van der Waals surface area (Å²) in [5.74, 6) is -1.31. The van der Waals surface area contributed by atoms with Crippen molar-refractivity contribution in [2.24, 2.45) is 5.92 Å². The van der Waals surface area contributed by atoms with E-state index < -0.39 is 12.1 Å². The summed E-state index contributed by atoms with van der Waals surface area (Å²) in [7, 11) is 0. The van der Waals surface area contributed by atoms with Crippen LogP contribution < -0.4 is 5.32 Å². The summed E-state index contributed by atoms with van der Waals surface area (Å²) in [5, 5.41) is 3.63. The number of benzene rings is 1. The molecule has 1 amide bonds. The Morgan fingerprint density at radius 3 is 2.60 bits per heavy atom. The van der Waals surface area contributed by atoms with Crippen LogP contribution in [0.4, 0.5) is 18.9 Å². The number of anilines is 1. The minimum Gasteiger partial charge on any atom is -0.326 e. The Balaban J connectivity index is 1.66. The smallest absolute Gasteiger partial charge is 0.326 e. The minimum atomic E-state index is -4.08. The van der Waals surface area contributed by atoms with Crippen LogP contribution >= 0.6 is 0 Å². The number of amides is 1. The third-order valence-corrected chi connectivity index (χ3v) is 4.50. The number of nitrogens with zero attached hydrogens (tertiary/aromatic N) is 2. The van der Waals surface area contributed by atoms with E-state index >= 15 is 0 Å². The number of nitrogens with one attached hydrogen (secondary N) is 1. The van der Waals surface area contributed by atoms with Crippen LogP contribution in [0.1, 0.15) is 25.5 Å². The number of carbonyl (C=O) groups is 1. The van der Waals surface area contributed by atoms with E-state index in [1.54, 1.807) is 6.07 Å². The lowest BCUT2D eigenvalue weighted by Gasteiger charge is -2.32. The zero-order valence-corrected chi connectivity index (χ0v) is 13.9. The van der Waals surface area contributed by atoms with Gasteiger partial charge in [0, 0.05) is 24.5 Å². The first kappa shape index (κ1) is 17.7. The molecule has 4 nitrogen and oxygen atoms in total. The molecular weight excluding hydrogens is 331 g/mol. The van der Waals surface area contributed by atoms with E-state index in [1.807, 2.05) is 29.2 Å². The number of hydrogen-bond acceptors (Lipinski definition) is 3. The highest BCUT2D eigenvalue weighted by atomic mass is 19.4. The van der Waals surface area contributed by atoms with Gasteiger partial charge in [0.25, 0.3) is 0 Å². The number of halogens is 3. The maximum atomic E-state index is 12.7. The largest absolute Gasteiger partial charge is 0.391 e. The molecule has 134 valence electrons. The number of fused-ring (bicyclic) bond motifs is 1. The van der Waals surface area contributed by atoms with Gasteiger partial charge in [-0.25, -0.2) is 0 Å². The molecule has 25 heavy (non-hydrogen) atoms. The highest BCUT2D eigenvalue weighted by molar-refractivity contribution is 5.92. The molecule has 1 aromatic heterocycles. The van der Waals surface area contributed by atoms with Crippen molar-refractivity contribution in [3.05, 3.63) is 36.0 Å². The molecule has 0 spiro atoms. The van der Waals surface area contributed by atoms with Gasteiger partial charge in [0.1, 0.15) is 0 Å². The number of pyridine rings is 1. The van der Waals surface area contributed by atoms with Crippen molar-refractivity contribution in [2.45, 2.75) is 32.5 Å². The van der Waals surface area contributed by atoms with Gasteiger partial charge in [0.15, 0.2) is 0 Å². The number of likely N-dealkylation sites (tertiary alicyclic amines) is 1. The number of alkyl halides is 3. The normalized spacial score (nSPS) is 17.0. The van der Waals surface area contributed by atoms with E-state index in [0.29, 0.717) is 25.3 Å². The average Bonchev–Trinajstić information content (AvgIpc) is 2.54. The second-order valence-corrected chi connectivity index (χ2v) is 6.48. The quantitative estimate of drug-likeness (QED) is 0.910. The van der Waals surface area contributed by atoms with E-state index in [-0.39, 0.29) is 18.7 Å². The van der Waals surface area contributed by atoms with Gasteiger partial charge in [0.05, 0.1) is 17.1 Å². The van der Waals surface area contributed by atoms with E-state index in [0.717, 1.165) is 16.6 Å². The maximum Gasteiger partial charge on any atom is 0.391 e. The summed E-state index contributed by atoms with van der Waals surface area (Å²) in [4.78, 5) is 17.7. The molecule has 0 atom stereocenters. The van der Waals surface area contributed by atoms with Gasteiger partial charge < -0.3 is 5.32 Å². The van der Waals surface area contributed by atoms with Gasteiger partial charge in [-0.1, -0.05) is 6.07 Å². The molecule has 0 bridgehead atoms. The Morgan fingerprint density at radius 2 is 1.96 bits per heavy atom. The Morgan fingerprint density at radius 1 is 1.24 bits per heavy atom. The molecule has 7 heteroatoms. The topological polar surface area (TPSA) is 45.2 Å². The van der Waals surface area contributed by atoms with Crippen LogP contribution in [0.25, 0.3) is 10.9 Å². The van der Waals surface area contributed by atoms with Crippen molar-refractivity contribution in [1.82, 2.24) is 9.88 Å². The zero-order chi connectivity index (χ0) is 18.0. The lowest BCUT2D eigenvalue weighted by atomic mass is 9.96. The van der Waals surface area contributed by atoms with Gasteiger partial charge in [-0.05, 0) is 50.2 Å². The van der Waals surface area contributed by atoms with Crippen molar-refractivity contribution < 1.29 is 18.0 Å². The lowest BCUT2D eigenvalue weighted by Crippen LogP contribution is -2.38. The molecule has 1 saturated heterocycles. The molecule has 0 radical (unpaired) electrons. The predicted octanol–water partition coefficient (Wildman–Crippen LogP) is 3.97. The third-order valence-electron chi connectivity index (χ3n) is 4.50. The van der Waals surface area contributed by atoms with E-state index in [2.05, 4.69) is 10.3 Å². The number of carbonyl (C=O) groups excluding carboxylic acids is 1. The molecule has 1 aromatic carbocycles. The molecule has 1 fully saturated rings. The zero-order valence-electron chi connectivity index (χ0n) is 13.9. The Kier molecular flexibility index (Phi) is 4.94. The summed E-state index contributed by atoms with van der Waals surface area (Å²) in [6, 6.07) is 9.28. The van der Waals surface area contributed by atoms with Crippen molar-refractivity contribution in [3.63, 3.8) is 0 Å². The Bertz CT molecular complexity index is 768. The summed E-state index contributed by atoms with van der Waals surface area (Å²) in [5.41, 5.74) is 2.35. The monoisotopic (exact) mass is 351 g/mol. The number of aromatic nitrogens is 1. The van der Waals surface area contributed by atoms with E-state index in [1.165, 1.54) is 6.92 Å². The molecule has 0 saturated carbocycles. The fourth-order valence-electron chi connectivity index (χ4n) is 3.18. The fraction of sp³-hybridized carbons (Fsp3) is 0.444. The van der Waals surface area contributed by atoms with Crippen molar-refractivity contribution in [1.29, 1.82) is 0 Å². The van der Waals surface area contributed by atoms with Crippen molar-refractivity contribution in [2.75, 3.05) is 18.4 Å². The van der Waals surface area contributed by atoms with Gasteiger partial charge in [-0.15, -0.1) is 0 Å². The summed E-state index contributed by atoms with van der Waals surface area (Å²) < 4.78 is 38.2. The van der Waals surface area contributed by atoms with E-state index in [4.69, 9.17) is 0 Å². The first-order chi connectivity index (χ1) is 11.8. The Labute approximate surface area is 144 Å². The molecule has 2 aromatic rings. The number of hydrogen-bond donors (Lipinski definition) is 1. The van der Waals surface area contributed by atoms with Crippen LogP contribution in [0.5, 0.6) is 0 Å².